The minimum atomic E-state index is -0.517. The second-order valence-corrected chi connectivity index (χ2v) is 9.15. The summed E-state index contributed by atoms with van der Waals surface area (Å²) in [5.74, 6) is -1.31. The van der Waals surface area contributed by atoms with Crippen LogP contribution in [0.25, 0.3) is 0 Å². The zero-order valence-corrected chi connectivity index (χ0v) is 20.1. The predicted molar refractivity (Wildman–Crippen MR) is 131 cm³/mol. The number of carbonyl (C=O) groups excluding carboxylic acids is 2. The molecule has 9 heteroatoms. The Balaban J connectivity index is 1.60. The van der Waals surface area contributed by atoms with Gasteiger partial charge in [-0.05, 0) is 47.3 Å². The Bertz CT molecular complexity index is 1180. The number of amides is 2. The van der Waals surface area contributed by atoms with Gasteiger partial charge in [0.15, 0.2) is 0 Å². The van der Waals surface area contributed by atoms with E-state index in [0.29, 0.717) is 11.4 Å². The van der Waals surface area contributed by atoms with Gasteiger partial charge in [0.2, 0.25) is 0 Å². The summed E-state index contributed by atoms with van der Waals surface area (Å²) in [5, 5.41) is 8.64. The van der Waals surface area contributed by atoms with Crippen LogP contribution in [0.15, 0.2) is 71.1 Å². The van der Waals surface area contributed by atoms with Crippen LogP contribution in [0.5, 0.6) is 0 Å². The van der Waals surface area contributed by atoms with Crippen molar-refractivity contribution in [2.24, 2.45) is 5.10 Å². The van der Waals surface area contributed by atoms with E-state index in [-0.39, 0.29) is 37.2 Å². The summed E-state index contributed by atoms with van der Waals surface area (Å²) in [5.41, 5.74) is 1.87. The molecule has 0 bridgehead atoms. The molecule has 0 unspecified atom stereocenters. The van der Waals surface area contributed by atoms with Gasteiger partial charge < -0.3 is 9.64 Å². The van der Waals surface area contributed by atoms with Gasteiger partial charge in [0.1, 0.15) is 12.4 Å². The van der Waals surface area contributed by atoms with E-state index in [4.69, 9.17) is 16.3 Å². The van der Waals surface area contributed by atoms with E-state index in [9.17, 15) is 14.0 Å². The average Bonchev–Trinajstić information content (AvgIpc) is 3.52. The fourth-order valence-electron chi connectivity index (χ4n) is 3.77. The number of hydrogen-bond acceptors (Lipinski definition) is 5. The highest BCUT2D eigenvalue weighted by Crippen LogP contribution is 2.34. The molecule has 1 atom stereocenters. The number of hydrazone groups is 1. The zero-order chi connectivity index (χ0) is 24.1. The summed E-state index contributed by atoms with van der Waals surface area (Å²) >= 11 is 7.61. The first kappa shape index (κ1) is 24.1. The number of rotatable bonds is 8. The molecule has 6 nitrogen and oxygen atoms in total. The Hall–Kier alpha value is -3.07. The van der Waals surface area contributed by atoms with E-state index in [0.717, 1.165) is 22.2 Å². The lowest BCUT2D eigenvalue weighted by Crippen LogP contribution is -2.42. The molecular weight excluding hydrogens is 477 g/mol. The summed E-state index contributed by atoms with van der Waals surface area (Å²) in [6.45, 7) is 0.196. The minimum Gasteiger partial charge on any atom is -0.383 e. The highest BCUT2D eigenvalue weighted by atomic mass is 35.5. The minimum absolute atomic E-state index is 0.169. The van der Waals surface area contributed by atoms with Crippen LogP contribution in [-0.2, 0) is 9.53 Å². The molecule has 4 rings (SSSR count). The van der Waals surface area contributed by atoms with Crippen molar-refractivity contribution in [2.45, 2.75) is 12.5 Å². The van der Waals surface area contributed by atoms with E-state index in [1.54, 1.807) is 23.5 Å². The smallest absolute Gasteiger partial charge is 0.262 e. The molecule has 2 aromatic carbocycles. The van der Waals surface area contributed by atoms with E-state index >= 15 is 0 Å². The van der Waals surface area contributed by atoms with Crippen LogP contribution >= 0.6 is 22.9 Å². The molecule has 0 radical (unpaired) electrons. The van der Waals surface area contributed by atoms with E-state index in [2.05, 4.69) is 5.10 Å². The van der Waals surface area contributed by atoms with Gasteiger partial charge >= 0.3 is 0 Å². The Kier molecular flexibility index (Phi) is 7.72. The summed E-state index contributed by atoms with van der Waals surface area (Å²) < 4.78 is 18.8. The molecule has 176 valence electrons. The topological polar surface area (TPSA) is 62.2 Å². The monoisotopic (exact) mass is 499 g/mol. The zero-order valence-electron chi connectivity index (χ0n) is 18.5. The van der Waals surface area contributed by atoms with E-state index in [1.807, 2.05) is 29.6 Å². The van der Waals surface area contributed by atoms with Crippen LogP contribution in [-0.4, -0.2) is 54.2 Å². The van der Waals surface area contributed by atoms with Crippen LogP contribution in [0.4, 0.5) is 4.39 Å². The Morgan fingerprint density at radius 3 is 2.68 bits per heavy atom. The second-order valence-electron chi connectivity index (χ2n) is 7.76. The van der Waals surface area contributed by atoms with Gasteiger partial charge in [-0.15, -0.1) is 11.3 Å². The quantitative estimate of drug-likeness (QED) is 0.438. The van der Waals surface area contributed by atoms with Crippen LogP contribution in [0.3, 0.4) is 0 Å². The van der Waals surface area contributed by atoms with Crippen molar-refractivity contribution < 1.29 is 18.7 Å². The fraction of sp³-hybridized carbons (Fsp3) is 0.240. The number of halogens is 2. The maximum Gasteiger partial charge on any atom is 0.262 e. The molecule has 0 aliphatic carbocycles. The van der Waals surface area contributed by atoms with Crippen molar-refractivity contribution in [2.75, 3.05) is 26.8 Å². The third-order valence-corrected chi connectivity index (χ3v) is 6.65. The number of thiophene rings is 1. The third-order valence-electron chi connectivity index (χ3n) is 5.48. The molecule has 34 heavy (non-hydrogen) atoms. The van der Waals surface area contributed by atoms with Gasteiger partial charge in [-0.3, -0.25) is 9.59 Å². The van der Waals surface area contributed by atoms with Crippen molar-refractivity contribution in [3.63, 3.8) is 0 Å². The first-order chi connectivity index (χ1) is 16.5. The molecule has 1 aliphatic heterocycles. The van der Waals surface area contributed by atoms with Gasteiger partial charge in [0.25, 0.3) is 11.8 Å². The molecule has 0 fully saturated rings. The average molecular weight is 500 g/mol. The highest BCUT2D eigenvalue weighted by molar-refractivity contribution is 7.12. The van der Waals surface area contributed by atoms with Crippen molar-refractivity contribution in [3.8, 4) is 0 Å². The van der Waals surface area contributed by atoms with Gasteiger partial charge in [0, 0.05) is 30.7 Å². The molecule has 0 spiro atoms. The van der Waals surface area contributed by atoms with Crippen molar-refractivity contribution in [1.29, 1.82) is 0 Å². The molecular formula is C25H23ClFN3O3S. The van der Waals surface area contributed by atoms with E-state index < -0.39 is 11.7 Å². The van der Waals surface area contributed by atoms with E-state index in [1.165, 1.54) is 35.2 Å². The molecule has 2 heterocycles. The lowest BCUT2D eigenvalue weighted by atomic mass is 10.0. The largest absolute Gasteiger partial charge is 0.383 e. The molecule has 2 amide bonds. The number of hydrogen-bond donors (Lipinski definition) is 0. The molecule has 1 aliphatic rings. The summed E-state index contributed by atoms with van der Waals surface area (Å²) in [6.07, 6.45) is 0.545. The molecule has 0 saturated heterocycles. The lowest BCUT2D eigenvalue weighted by molar-refractivity contribution is -0.133. The van der Waals surface area contributed by atoms with Crippen LogP contribution in [0.1, 0.15) is 33.3 Å². The molecule has 1 aromatic heterocycles. The number of carbonyl (C=O) groups is 2. The van der Waals surface area contributed by atoms with Crippen molar-refractivity contribution >= 4 is 40.5 Å². The van der Waals surface area contributed by atoms with Gasteiger partial charge in [0.05, 0.1) is 23.2 Å². The highest BCUT2D eigenvalue weighted by Gasteiger charge is 2.34. The fourth-order valence-corrected chi connectivity index (χ4v) is 4.62. The molecule has 0 saturated carbocycles. The third kappa shape index (κ3) is 5.52. The Morgan fingerprint density at radius 2 is 2.00 bits per heavy atom. The van der Waals surface area contributed by atoms with Crippen LogP contribution in [0.2, 0.25) is 5.02 Å². The number of methoxy groups -OCH3 is 1. The normalized spacial score (nSPS) is 15.3. The molecule has 3 aromatic rings. The maximum absolute atomic E-state index is 13.7. The standard InChI is InChI=1S/C25H23ClFN3O3S/c1-33-12-11-29(25(32)18-4-2-5-20(27)14-18)16-24(31)30-22(17-7-9-19(26)10-8-17)15-21(28-30)23-6-3-13-34-23/h2-10,13-14,22H,11-12,15-16H2,1H3/t22-/m1/s1. The van der Waals surface area contributed by atoms with Gasteiger partial charge in [-0.25, -0.2) is 9.40 Å². The SMILES string of the molecule is COCCN(CC(=O)N1N=C(c2cccs2)C[C@@H]1c1ccc(Cl)cc1)C(=O)c1cccc(F)c1. The van der Waals surface area contributed by atoms with Crippen LogP contribution < -0.4 is 0 Å². The van der Waals surface area contributed by atoms with Crippen molar-refractivity contribution in [3.05, 3.63) is 92.9 Å². The second kappa shape index (κ2) is 10.9. The van der Waals surface area contributed by atoms with Crippen molar-refractivity contribution in [1.82, 2.24) is 9.91 Å². The Labute approximate surface area is 206 Å². The predicted octanol–water partition coefficient (Wildman–Crippen LogP) is 5.01. The first-order valence-corrected chi connectivity index (χ1v) is 11.9. The lowest BCUT2D eigenvalue weighted by Gasteiger charge is -2.27. The van der Waals surface area contributed by atoms with Crippen LogP contribution in [0, 0.1) is 5.82 Å². The number of ether oxygens (including phenoxy) is 1. The molecule has 0 N–H and O–H groups in total. The van der Waals surface area contributed by atoms with Gasteiger partial charge in [-0.1, -0.05) is 35.9 Å². The summed E-state index contributed by atoms with van der Waals surface area (Å²) in [6, 6.07) is 16.3. The Morgan fingerprint density at radius 1 is 1.21 bits per heavy atom. The summed E-state index contributed by atoms with van der Waals surface area (Å²) in [7, 11) is 1.52. The van der Waals surface area contributed by atoms with Gasteiger partial charge in [-0.2, -0.15) is 5.10 Å². The maximum atomic E-state index is 13.7. The summed E-state index contributed by atoms with van der Waals surface area (Å²) in [4.78, 5) is 28.9. The number of nitrogens with zero attached hydrogens (tertiary/aromatic N) is 3. The number of benzene rings is 2. The first-order valence-electron chi connectivity index (χ1n) is 10.7.